The van der Waals surface area contributed by atoms with Gasteiger partial charge in [-0.15, -0.1) is 0 Å². The zero-order valence-electron chi connectivity index (χ0n) is 25.3. The van der Waals surface area contributed by atoms with E-state index in [1.54, 1.807) is 19.9 Å². The van der Waals surface area contributed by atoms with Crippen LogP contribution in [0.25, 0.3) is 10.8 Å². The third kappa shape index (κ3) is 11.8. The van der Waals surface area contributed by atoms with E-state index in [2.05, 4.69) is 27.0 Å². The van der Waals surface area contributed by atoms with Crippen LogP contribution in [0.15, 0.2) is 54.6 Å². The highest BCUT2D eigenvalue weighted by molar-refractivity contribution is 6.33. The minimum absolute atomic E-state index is 0.172. The number of hydrogen-bond acceptors (Lipinski definition) is 6. The molecule has 2 rings (SSSR count). The SMILES string of the molecule is C=C(C)C(=O)OC(CCCCCC)COc1cc(Cl)c(OCC(CCCCCC)OC(=O)C(=C)C)c2ccccc12. The summed E-state index contributed by atoms with van der Waals surface area (Å²) in [5.74, 6) is 0.236. The Morgan fingerprint density at radius 1 is 0.756 bits per heavy atom. The van der Waals surface area contributed by atoms with Crippen molar-refractivity contribution in [1.82, 2.24) is 0 Å². The van der Waals surface area contributed by atoms with Gasteiger partial charge in [-0.1, -0.05) is 101 Å². The predicted octanol–water partition coefficient (Wildman–Crippen LogP) is 9.17. The highest BCUT2D eigenvalue weighted by Crippen LogP contribution is 2.40. The molecule has 7 heteroatoms. The van der Waals surface area contributed by atoms with Crippen LogP contribution in [0.1, 0.15) is 91.9 Å². The van der Waals surface area contributed by atoms with Crippen molar-refractivity contribution in [3.8, 4) is 11.5 Å². The fourth-order valence-corrected chi connectivity index (χ4v) is 4.62. The zero-order chi connectivity index (χ0) is 30.2. The minimum atomic E-state index is -0.426. The summed E-state index contributed by atoms with van der Waals surface area (Å²) in [5.41, 5.74) is 0.710. The van der Waals surface area contributed by atoms with Crippen molar-refractivity contribution < 1.29 is 28.5 Å². The number of carbonyl (C=O) groups excluding carboxylic acids is 2. The number of esters is 2. The maximum absolute atomic E-state index is 12.3. The average Bonchev–Trinajstić information content (AvgIpc) is 2.95. The first-order chi connectivity index (χ1) is 19.7. The lowest BCUT2D eigenvalue weighted by Gasteiger charge is -2.22. The van der Waals surface area contributed by atoms with Crippen LogP contribution in [0.4, 0.5) is 0 Å². The lowest BCUT2D eigenvalue weighted by Crippen LogP contribution is -2.26. The summed E-state index contributed by atoms with van der Waals surface area (Å²) in [5, 5.41) is 1.98. The number of benzene rings is 2. The van der Waals surface area contributed by atoms with Crippen LogP contribution in [0, 0.1) is 0 Å². The van der Waals surface area contributed by atoms with Gasteiger partial charge in [-0.2, -0.15) is 0 Å². The van der Waals surface area contributed by atoms with Gasteiger partial charge in [0.1, 0.15) is 36.9 Å². The number of rotatable bonds is 20. The fourth-order valence-electron chi connectivity index (χ4n) is 4.36. The smallest absolute Gasteiger partial charge is 0.333 e. The summed E-state index contributed by atoms with van der Waals surface area (Å²) in [6, 6.07) is 9.41. The molecule has 0 saturated carbocycles. The van der Waals surface area contributed by atoms with Crippen LogP contribution >= 0.6 is 11.6 Å². The maximum atomic E-state index is 12.3. The van der Waals surface area contributed by atoms with Crippen molar-refractivity contribution in [3.63, 3.8) is 0 Å². The number of ether oxygens (including phenoxy) is 4. The van der Waals surface area contributed by atoms with E-state index in [1.165, 1.54) is 0 Å². The molecule has 6 nitrogen and oxygen atoms in total. The summed E-state index contributed by atoms with van der Waals surface area (Å²) in [7, 11) is 0. The molecule has 0 aromatic heterocycles. The van der Waals surface area contributed by atoms with Crippen molar-refractivity contribution >= 4 is 34.3 Å². The molecule has 2 aromatic carbocycles. The van der Waals surface area contributed by atoms with Gasteiger partial charge in [0.05, 0.1) is 5.02 Å². The molecule has 0 spiro atoms. The Labute approximate surface area is 251 Å². The highest BCUT2D eigenvalue weighted by Gasteiger charge is 2.21. The first kappa shape index (κ1) is 34.2. The van der Waals surface area contributed by atoms with E-state index in [9.17, 15) is 9.59 Å². The van der Waals surface area contributed by atoms with Gasteiger partial charge in [-0.3, -0.25) is 0 Å². The second-order valence-electron chi connectivity index (χ2n) is 10.7. The molecule has 0 heterocycles. The van der Waals surface area contributed by atoms with E-state index in [1.807, 2.05) is 24.3 Å². The van der Waals surface area contributed by atoms with Crippen molar-refractivity contribution in [2.24, 2.45) is 0 Å². The molecule has 41 heavy (non-hydrogen) atoms. The van der Waals surface area contributed by atoms with Gasteiger partial charge in [0, 0.05) is 28.0 Å². The van der Waals surface area contributed by atoms with Crippen LogP contribution < -0.4 is 9.47 Å². The second kappa shape index (κ2) is 18.4. The monoisotopic (exact) mass is 586 g/mol. The third-order valence-electron chi connectivity index (χ3n) is 6.75. The van der Waals surface area contributed by atoms with E-state index in [-0.39, 0.29) is 13.2 Å². The van der Waals surface area contributed by atoms with Crippen LogP contribution in [0.5, 0.6) is 11.5 Å². The van der Waals surface area contributed by atoms with Crippen LogP contribution in [0.3, 0.4) is 0 Å². The lowest BCUT2D eigenvalue weighted by molar-refractivity contribution is -0.147. The topological polar surface area (TPSA) is 71.1 Å². The van der Waals surface area contributed by atoms with Gasteiger partial charge in [-0.25, -0.2) is 9.59 Å². The largest absolute Gasteiger partial charge is 0.489 e. The van der Waals surface area contributed by atoms with E-state index >= 15 is 0 Å². The zero-order valence-corrected chi connectivity index (χ0v) is 26.0. The molecule has 226 valence electrons. The molecule has 0 bridgehead atoms. The molecule has 0 fully saturated rings. The van der Waals surface area contributed by atoms with Gasteiger partial charge in [0.15, 0.2) is 0 Å². The van der Waals surface area contributed by atoms with Crippen molar-refractivity contribution in [2.75, 3.05) is 13.2 Å². The number of fused-ring (bicyclic) bond motifs is 1. The molecule has 0 aliphatic rings. The Kier molecular flexibility index (Phi) is 15.4. The van der Waals surface area contributed by atoms with Gasteiger partial charge in [-0.05, 0) is 39.5 Å². The summed E-state index contributed by atoms with van der Waals surface area (Å²) in [6.07, 6.45) is 9.10. The number of carbonyl (C=O) groups is 2. The van der Waals surface area contributed by atoms with E-state index < -0.39 is 24.1 Å². The second-order valence-corrected chi connectivity index (χ2v) is 11.1. The summed E-state index contributed by atoms with van der Waals surface area (Å²) < 4.78 is 23.8. The van der Waals surface area contributed by atoms with Gasteiger partial charge < -0.3 is 18.9 Å². The Morgan fingerprint density at radius 3 is 1.73 bits per heavy atom. The van der Waals surface area contributed by atoms with Crippen LogP contribution in [0.2, 0.25) is 5.02 Å². The molecular weight excluding hydrogens is 540 g/mol. The molecule has 2 aromatic rings. The third-order valence-corrected chi connectivity index (χ3v) is 7.03. The van der Waals surface area contributed by atoms with Gasteiger partial charge in [0.2, 0.25) is 0 Å². The molecule has 0 N–H and O–H groups in total. The highest BCUT2D eigenvalue weighted by atomic mass is 35.5. The summed E-state index contributed by atoms with van der Waals surface area (Å²) >= 11 is 6.73. The Bertz CT molecular complexity index is 1160. The molecule has 0 aliphatic carbocycles. The Balaban J connectivity index is 2.21. The molecule has 0 radical (unpaired) electrons. The Morgan fingerprint density at radius 2 is 1.24 bits per heavy atom. The van der Waals surface area contributed by atoms with Crippen molar-refractivity contribution in [3.05, 3.63) is 59.7 Å². The summed E-state index contributed by atoms with van der Waals surface area (Å²) in [6.45, 7) is 15.4. The maximum Gasteiger partial charge on any atom is 0.333 e. The molecular formula is C34H47ClO6. The molecule has 0 amide bonds. The standard InChI is InChI=1S/C34H47ClO6/c1-7-9-11-13-17-26(40-33(36)24(3)4)22-38-31-21-30(35)32(29-20-16-15-19-28(29)31)39-23-27(18-14-12-10-8-2)41-34(37)25(5)6/h15-16,19-21,26-27H,3,5,7-14,17-18,22-23H2,1-2,4,6H3. The van der Waals surface area contributed by atoms with Crippen LogP contribution in [-0.4, -0.2) is 37.4 Å². The molecule has 0 saturated heterocycles. The first-order valence-corrected chi connectivity index (χ1v) is 15.2. The average molecular weight is 587 g/mol. The van der Waals surface area contributed by atoms with Gasteiger partial charge in [0.25, 0.3) is 0 Å². The number of unbranched alkanes of at least 4 members (excludes halogenated alkanes) is 6. The first-order valence-electron chi connectivity index (χ1n) is 14.9. The molecule has 0 aliphatic heterocycles. The minimum Gasteiger partial charge on any atom is -0.489 e. The fraction of sp³-hybridized carbons (Fsp3) is 0.529. The summed E-state index contributed by atoms with van der Waals surface area (Å²) in [4.78, 5) is 24.5. The predicted molar refractivity (Wildman–Crippen MR) is 167 cm³/mol. The van der Waals surface area contributed by atoms with Crippen molar-refractivity contribution in [2.45, 2.75) is 104 Å². The van der Waals surface area contributed by atoms with Gasteiger partial charge >= 0.3 is 11.9 Å². The van der Waals surface area contributed by atoms with Crippen LogP contribution in [-0.2, 0) is 19.1 Å². The molecule has 2 unspecified atom stereocenters. The number of halogens is 1. The Hall–Kier alpha value is -2.99. The normalized spacial score (nSPS) is 12.4. The van der Waals surface area contributed by atoms with Crippen molar-refractivity contribution in [1.29, 1.82) is 0 Å². The lowest BCUT2D eigenvalue weighted by atomic mass is 10.1. The van der Waals surface area contributed by atoms with E-state index in [4.69, 9.17) is 30.5 Å². The molecule has 2 atom stereocenters. The van der Waals surface area contributed by atoms with E-state index in [0.717, 1.165) is 62.1 Å². The number of hydrogen-bond donors (Lipinski definition) is 0. The van der Waals surface area contributed by atoms with E-state index in [0.29, 0.717) is 40.5 Å². The quantitative estimate of drug-likeness (QED) is 0.0875.